The number of rotatable bonds is 5. The highest BCUT2D eigenvalue weighted by Gasteiger charge is 2.27. The molecule has 0 spiro atoms. The Hall–Kier alpha value is -2.09. The number of hydrogen-bond donors (Lipinski definition) is 1. The van der Waals surface area contributed by atoms with Crippen molar-refractivity contribution in [3.05, 3.63) is 29.6 Å². The Morgan fingerprint density at radius 2 is 2.10 bits per heavy atom. The number of anilines is 1. The van der Waals surface area contributed by atoms with Gasteiger partial charge in [0, 0.05) is 17.7 Å². The Bertz CT molecular complexity index is 611. The maximum atomic E-state index is 11.9. The van der Waals surface area contributed by atoms with Crippen molar-refractivity contribution in [2.75, 3.05) is 18.9 Å². The minimum absolute atomic E-state index is 0.131. The van der Waals surface area contributed by atoms with E-state index in [4.69, 9.17) is 10.3 Å². The van der Waals surface area contributed by atoms with Crippen molar-refractivity contribution in [3.63, 3.8) is 0 Å². The van der Waals surface area contributed by atoms with Gasteiger partial charge in [-0.25, -0.2) is 0 Å². The van der Waals surface area contributed by atoms with E-state index in [1.807, 2.05) is 6.92 Å². The van der Waals surface area contributed by atoms with E-state index in [9.17, 15) is 13.2 Å². The molecule has 1 aromatic carbocycles. The molecule has 21 heavy (non-hydrogen) atoms. The van der Waals surface area contributed by atoms with Crippen LogP contribution in [0.15, 0.2) is 22.7 Å². The Labute approximate surface area is 118 Å². The molecule has 0 unspecified atom stereocenters. The summed E-state index contributed by atoms with van der Waals surface area (Å²) in [5.74, 6) is 0.569. The summed E-state index contributed by atoms with van der Waals surface area (Å²) in [7, 11) is 0. The first-order valence-electron chi connectivity index (χ1n) is 6.19. The fraction of sp³-hybridized carbons (Fsp3) is 0.385. The largest absolute Gasteiger partial charge is 0.411 e. The fourth-order valence-electron chi connectivity index (χ4n) is 1.70. The second-order valence-corrected chi connectivity index (χ2v) is 4.45. The molecule has 0 radical (unpaired) electrons. The van der Waals surface area contributed by atoms with Gasteiger partial charge in [-0.1, -0.05) is 11.2 Å². The van der Waals surface area contributed by atoms with Crippen LogP contribution in [0, 0.1) is 6.92 Å². The first kappa shape index (κ1) is 15.3. The van der Waals surface area contributed by atoms with Crippen molar-refractivity contribution in [2.45, 2.75) is 19.5 Å². The van der Waals surface area contributed by atoms with Gasteiger partial charge in [0.15, 0.2) is 5.82 Å². The Morgan fingerprint density at radius 1 is 1.33 bits per heavy atom. The maximum absolute atomic E-state index is 11.9. The molecule has 1 heterocycles. The highest BCUT2D eigenvalue weighted by Crippen LogP contribution is 2.25. The minimum atomic E-state index is -4.33. The number of nitrogens with two attached hydrogens (primary N) is 1. The van der Waals surface area contributed by atoms with E-state index in [1.54, 1.807) is 18.2 Å². The van der Waals surface area contributed by atoms with Crippen LogP contribution < -0.4 is 5.73 Å². The molecule has 5 nitrogen and oxygen atoms in total. The van der Waals surface area contributed by atoms with Crippen LogP contribution in [0.2, 0.25) is 0 Å². The lowest BCUT2D eigenvalue weighted by Gasteiger charge is -2.05. The van der Waals surface area contributed by atoms with Crippen molar-refractivity contribution in [1.29, 1.82) is 0 Å². The number of hydrogen-bond acceptors (Lipinski definition) is 5. The zero-order chi connectivity index (χ0) is 15.5. The molecule has 0 amide bonds. The third kappa shape index (κ3) is 4.19. The summed E-state index contributed by atoms with van der Waals surface area (Å²) in [6.45, 7) is 0.404. The molecule has 114 valence electrons. The van der Waals surface area contributed by atoms with Gasteiger partial charge in [-0.3, -0.25) is 0 Å². The van der Waals surface area contributed by atoms with Crippen molar-refractivity contribution >= 4 is 5.69 Å². The minimum Gasteiger partial charge on any atom is -0.398 e. The summed E-state index contributed by atoms with van der Waals surface area (Å²) in [6, 6.07) is 5.29. The van der Waals surface area contributed by atoms with Crippen LogP contribution in [0.5, 0.6) is 0 Å². The zero-order valence-electron chi connectivity index (χ0n) is 11.3. The lowest BCUT2D eigenvalue weighted by molar-refractivity contribution is -0.173. The second kappa shape index (κ2) is 6.13. The van der Waals surface area contributed by atoms with Gasteiger partial charge in [-0.2, -0.15) is 18.2 Å². The van der Waals surface area contributed by atoms with Gasteiger partial charge in [-0.15, -0.1) is 0 Å². The number of benzene rings is 1. The summed E-state index contributed by atoms with van der Waals surface area (Å²) in [4.78, 5) is 4.12. The molecule has 0 bridgehead atoms. The number of ether oxygens (including phenoxy) is 1. The summed E-state index contributed by atoms with van der Waals surface area (Å²) < 4.78 is 45.3. The predicted octanol–water partition coefficient (Wildman–Crippen LogP) is 2.75. The molecule has 8 heteroatoms. The number of halogens is 3. The summed E-state index contributed by atoms with van der Waals surface area (Å²) in [5, 5.41) is 3.71. The standard InChI is InChI=1S/C13H14F3N3O2/c1-8-9(3-2-4-10(8)17)12-18-11(19-21-12)5-6-20-7-13(14,15)16/h2-4H,5-7,17H2,1H3. The maximum Gasteiger partial charge on any atom is 0.411 e. The zero-order valence-corrected chi connectivity index (χ0v) is 11.3. The van der Waals surface area contributed by atoms with Crippen LogP contribution in [0.4, 0.5) is 18.9 Å². The van der Waals surface area contributed by atoms with Crippen molar-refractivity contribution in [1.82, 2.24) is 10.1 Å². The molecule has 2 aromatic rings. The van der Waals surface area contributed by atoms with Crippen LogP contribution in [0.1, 0.15) is 11.4 Å². The smallest absolute Gasteiger partial charge is 0.398 e. The van der Waals surface area contributed by atoms with E-state index in [1.165, 1.54) is 0 Å². The molecule has 0 aliphatic carbocycles. The lowest BCUT2D eigenvalue weighted by Crippen LogP contribution is -2.18. The van der Waals surface area contributed by atoms with Crippen LogP contribution in [0.25, 0.3) is 11.5 Å². The average Bonchev–Trinajstić information content (AvgIpc) is 2.85. The van der Waals surface area contributed by atoms with Crippen LogP contribution >= 0.6 is 0 Å². The van der Waals surface area contributed by atoms with Crippen molar-refractivity contribution in [2.24, 2.45) is 0 Å². The van der Waals surface area contributed by atoms with Gasteiger partial charge in [0.1, 0.15) is 6.61 Å². The monoisotopic (exact) mass is 301 g/mol. The van der Waals surface area contributed by atoms with Gasteiger partial charge in [0.05, 0.1) is 6.61 Å². The molecule has 0 aliphatic heterocycles. The summed E-state index contributed by atoms with van der Waals surface area (Å²) in [5.41, 5.74) is 7.89. The number of nitrogen functional groups attached to an aromatic ring is 1. The summed E-state index contributed by atoms with van der Waals surface area (Å²) >= 11 is 0. The van der Waals surface area contributed by atoms with E-state index in [0.29, 0.717) is 11.3 Å². The van der Waals surface area contributed by atoms with E-state index in [2.05, 4.69) is 14.9 Å². The fourth-order valence-corrected chi connectivity index (χ4v) is 1.70. The van der Waals surface area contributed by atoms with Crippen molar-refractivity contribution in [3.8, 4) is 11.5 Å². The molecule has 0 aliphatic rings. The topological polar surface area (TPSA) is 74.2 Å². The molecular formula is C13H14F3N3O2. The molecule has 0 fully saturated rings. The Morgan fingerprint density at radius 3 is 2.81 bits per heavy atom. The predicted molar refractivity (Wildman–Crippen MR) is 69.5 cm³/mol. The van der Waals surface area contributed by atoms with Gasteiger partial charge in [0.2, 0.25) is 0 Å². The van der Waals surface area contributed by atoms with Gasteiger partial charge < -0.3 is 15.0 Å². The SMILES string of the molecule is Cc1c(N)cccc1-c1nc(CCOCC(F)(F)F)no1. The van der Waals surface area contributed by atoms with Crippen LogP contribution in [0.3, 0.4) is 0 Å². The normalized spacial score (nSPS) is 11.8. The Balaban J connectivity index is 1.97. The van der Waals surface area contributed by atoms with Crippen LogP contribution in [-0.4, -0.2) is 29.5 Å². The highest BCUT2D eigenvalue weighted by atomic mass is 19.4. The molecular weight excluding hydrogens is 287 g/mol. The Kier molecular flexibility index (Phi) is 4.46. The third-order valence-electron chi connectivity index (χ3n) is 2.81. The lowest BCUT2D eigenvalue weighted by atomic mass is 10.1. The molecule has 2 N–H and O–H groups in total. The number of alkyl halides is 3. The molecule has 0 saturated heterocycles. The number of nitrogens with zero attached hydrogens (tertiary/aromatic N) is 2. The third-order valence-corrected chi connectivity index (χ3v) is 2.81. The second-order valence-electron chi connectivity index (χ2n) is 4.45. The first-order chi connectivity index (χ1) is 9.87. The van der Waals surface area contributed by atoms with E-state index >= 15 is 0 Å². The summed E-state index contributed by atoms with van der Waals surface area (Å²) in [6.07, 6.45) is -4.19. The van der Waals surface area contributed by atoms with E-state index < -0.39 is 12.8 Å². The van der Waals surface area contributed by atoms with Crippen LogP contribution in [-0.2, 0) is 11.2 Å². The number of aromatic nitrogens is 2. The quantitative estimate of drug-likeness (QED) is 0.679. The van der Waals surface area contributed by atoms with Gasteiger partial charge in [-0.05, 0) is 24.6 Å². The van der Waals surface area contributed by atoms with Gasteiger partial charge >= 0.3 is 6.18 Å². The van der Waals surface area contributed by atoms with E-state index in [0.717, 1.165) is 5.56 Å². The molecule has 1 aromatic heterocycles. The first-order valence-corrected chi connectivity index (χ1v) is 6.19. The highest BCUT2D eigenvalue weighted by molar-refractivity contribution is 5.66. The molecule has 0 saturated carbocycles. The average molecular weight is 301 g/mol. The molecule has 2 rings (SSSR count). The van der Waals surface area contributed by atoms with Gasteiger partial charge in [0.25, 0.3) is 5.89 Å². The molecule has 0 atom stereocenters. The van der Waals surface area contributed by atoms with Crippen molar-refractivity contribution < 1.29 is 22.4 Å². The van der Waals surface area contributed by atoms with E-state index in [-0.39, 0.29) is 24.7 Å².